The molecule has 90 valence electrons. The topological polar surface area (TPSA) is 48.1 Å². The third kappa shape index (κ3) is 3.20. The van der Waals surface area contributed by atoms with Crippen molar-refractivity contribution in [2.75, 3.05) is 0 Å². The molecule has 0 saturated heterocycles. The second kappa shape index (κ2) is 5.85. The van der Waals surface area contributed by atoms with Crippen molar-refractivity contribution >= 4 is 0 Å². The summed E-state index contributed by atoms with van der Waals surface area (Å²) < 4.78 is 5.85. The van der Waals surface area contributed by atoms with Crippen LogP contribution in [0.5, 0.6) is 5.88 Å². The maximum atomic E-state index is 5.85. The van der Waals surface area contributed by atoms with E-state index in [1.54, 1.807) is 0 Å². The molecule has 0 bridgehead atoms. The van der Waals surface area contributed by atoms with E-state index >= 15 is 0 Å². The highest BCUT2D eigenvalue weighted by Crippen LogP contribution is 2.22. The van der Waals surface area contributed by atoms with Gasteiger partial charge in [0.1, 0.15) is 0 Å². The van der Waals surface area contributed by atoms with Crippen LogP contribution in [0.15, 0.2) is 6.07 Å². The Kier molecular flexibility index (Phi) is 4.74. The van der Waals surface area contributed by atoms with Gasteiger partial charge in [-0.2, -0.15) is 0 Å². The molecule has 1 unspecified atom stereocenters. The van der Waals surface area contributed by atoms with Crippen LogP contribution in [-0.2, 0) is 6.54 Å². The largest absolute Gasteiger partial charge is 0.474 e. The van der Waals surface area contributed by atoms with Gasteiger partial charge in [-0.25, -0.2) is 4.98 Å². The van der Waals surface area contributed by atoms with E-state index in [0.717, 1.165) is 29.7 Å². The van der Waals surface area contributed by atoms with E-state index in [4.69, 9.17) is 10.5 Å². The van der Waals surface area contributed by atoms with Crippen LogP contribution in [0, 0.1) is 13.8 Å². The lowest BCUT2D eigenvalue weighted by atomic mass is 10.1. The van der Waals surface area contributed by atoms with Crippen molar-refractivity contribution in [2.45, 2.75) is 53.2 Å². The Hall–Kier alpha value is -1.09. The van der Waals surface area contributed by atoms with Crippen LogP contribution < -0.4 is 10.5 Å². The quantitative estimate of drug-likeness (QED) is 0.833. The van der Waals surface area contributed by atoms with Crippen molar-refractivity contribution in [3.05, 3.63) is 22.9 Å². The first kappa shape index (κ1) is 13.0. The number of ether oxygens (including phenoxy) is 1. The van der Waals surface area contributed by atoms with Gasteiger partial charge >= 0.3 is 0 Å². The number of aryl methyl sites for hydroxylation is 2. The van der Waals surface area contributed by atoms with E-state index in [0.29, 0.717) is 12.4 Å². The predicted molar refractivity (Wildman–Crippen MR) is 66.6 cm³/mol. The van der Waals surface area contributed by atoms with Crippen molar-refractivity contribution < 1.29 is 4.74 Å². The molecule has 0 amide bonds. The summed E-state index contributed by atoms with van der Waals surface area (Å²) >= 11 is 0. The fraction of sp³-hybridized carbons (Fsp3) is 0.615. The second-order valence-electron chi connectivity index (χ2n) is 4.29. The van der Waals surface area contributed by atoms with Crippen LogP contribution in [0.3, 0.4) is 0 Å². The summed E-state index contributed by atoms with van der Waals surface area (Å²) in [6.45, 7) is 8.73. The fourth-order valence-electron chi connectivity index (χ4n) is 1.83. The molecule has 1 rings (SSSR count). The summed E-state index contributed by atoms with van der Waals surface area (Å²) in [7, 11) is 0. The molecule has 0 spiro atoms. The Morgan fingerprint density at radius 1 is 1.44 bits per heavy atom. The van der Waals surface area contributed by atoms with E-state index in [-0.39, 0.29) is 6.10 Å². The molecule has 1 heterocycles. The summed E-state index contributed by atoms with van der Waals surface area (Å²) in [6.07, 6.45) is 2.35. The van der Waals surface area contributed by atoms with Gasteiger partial charge in [-0.1, -0.05) is 13.3 Å². The SMILES string of the molecule is CCCC(C)Oc1nc(C)cc(C)c1CN. The van der Waals surface area contributed by atoms with Crippen LogP contribution in [-0.4, -0.2) is 11.1 Å². The Bertz CT molecular complexity index is 350. The van der Waals surface area contributed by atoms with Gasteiger partial charge in [-0.3, -0.25) is 0 Å². The minimum Gasteiger partial charge on any atom is -0.474 e. The zero-order valence-corrected chi connectivity index (χ0v) is 10.7. The van der Waals surface area contributed by atoms with Gasteiger partial charge in [0.15, 0.2) is 0 Å². The normalized spacial score (nSPS) is 12.6. The first-order valence-electron chi connectivity index (χ1n) is 5.92. The molecule has 0 fully saturated rings. The smallest absolute Gasteiger partial charge is 0.218 e. The molecule has 0 aliphatic rings. The molecule has 1 atom stereocenters. The Morgan fingerprint density at radius 2 is 2.12 bits per heavy atom. The van der Waals surface area contributed by atoms with Crippen LogP contribution in [0.4, 0.5) is 0 Å². The summed E-state index contributed by atoms with van der Waals surface area (Å²) in [5, 5.41) is 0. The van der Waals surface area contributed by atoms with E-state index < -0.39 is 0 Å². The average molecular weight is 222 g/mol. The molecular weight excluding hydrogens is 200 g/mol. The Balaban J connectivity index is 2.93. The molecule has 0 aliphatic heterocycles. The van der Waals surface area contributed by atoms with Gasteiger partial charge in [0.25, 0.3) is 0 Å². The molecule has 1 aromatic heterocycles. The monoisotopic (exact) mass is 222 g/mol. The number of nitrogens with zero attached hydrogens (tertiary/aromatic N) is 1. The second-order valence-corrected chi connectivity index (χ2v) is 4.29. The van der Waals surface area contributed by atoms with E-state index in [1.807, 2.05) is 19.9 Å². The fourth-order valence-corrected chi connectivity index (χ4v) is 1.83. The molecule has 3 heteroatoms. The highest BCUT2D eigenvalue weighted by atomic mass is 16.5. The number of pyridine rings is 1. The van der Waals surface area contributed by atoms with E-state index in [1.165, 1.54) is 0 Å². The minimum atomic E-state index is 0.198. The number of hydrogen-bond donors (Lipinski definition) is 1. The Labute approximate surface area is 98.0 Å². The summed E-state index contributed by atoms with van der Waals surface area (Å²) in [4.78, 5) is 4.42. The molecule has 0 saturated carbocycles. The van der Waals surface area contributed by atoms with E-state index in [9.17, 15) is 0 Å². The average Bonchev–Trinajstić information content (AvgIpc) is 2.17. The maximum absolute atomic E-state index is 5.85. The standard InChI is InChI=1S/C13H22N2O/c1-5-6-11(4)16-13-12(8-14)9(2)7-10(3)15-13/h7,11H,5-6,8,14H2,1-4H3. The van der Waals surface area contributed by atoms with Crippen molar-refractivity contribution in [3.63, 3.8) is 0 Å². The van der Waals surface area contributed by atoms with Gasteiger partial charge < -0.3 is 10.5 Å². The molecule has 1 aromatic rings. The third-order valence-corrected chi connectivity index (χ3v) is 2.65. The third-order valence-electron chi connectivity index (χ3n) is 2.65. The highest BCUT2D eigenvalue weighted by Gasteiger charge is 2.11. The number of rotatable bonds is 5. The van der Waals surface area contributed by atoms with Crippen molar-refractivity contribution in [1.82, 2.24) is 4.98 Å². The summed E-state index contributed by atoms with van der Waals surface area (Å²) in [5.74, 6) is 0.709. The summed E-state index contributed by atoms with van der Waals surface area (Å²) in [5.41, 5.74) is 8.89. The van der Waals surface area contributed by atoms with Crippen molar-refractivity contribution in [2.24, 2.45) is 5.73 Å². The van der Waals surface area contributed by atoms with Gasteiger partial charge in [0.05, 0.1) is 6.10 Å². The number of aromatic nitrogens is 1. The van der Waals surface area contributed by atoms with Gasteiger partial charge in [-0.05, 0) is 38.8 Å². The first-order chi connectivity index (χ1) is 7.58. The zero-order chi connectivity index (χ0) is 12.1. The minimum absolute atomic E-state index is 0.198. The first-order valence-corrected chi connectivity index (χ1v) is 5.92. The lowest BCUT2D eigenvalue weighted by molar-refractivity contribution is 0.199. The zero-order valence-electron chi connectivity index (χ0n) is 10.7. The van der Waals surface area contributed by atoms with Gasteiger partial charge in [0, 0.05) is 17.8 Å². The van der Waals surface area contributed by atoms with Gasteiger partial charge in [0.2, 0.25) is 5.88 Å². The molecule has 0 aliphatic carbocycles. The van der Waals surface area contributed by atoms with Crippen LogP contribution in [0.25, 0.3) is 0 Å². The molecule has 0 radical (unpaired) electrons. The molecule has 16 heavy (non-hydrogen) atoms. The Morgan fingerprint density at radius 3 is 2.69 bits per heavy atom. The molecule has 2 N–H and O–H groups in total. The number of hydrogen-bond acceptors (Lipinski definition) is 3. The molecular formula is C13H22N2O. The lowest BCUT2D eigenvalue weighted by Crippen LogP contribution is -2.15. The summed E-state index contributed by atoms with van der Waals surface area (Å²) in [6, 6.07) is 2.04. The van der Waals surface area contributed by atoms with Crippen LogP contribution in [0.1, 0.15) is 43.5 Å². The lowest BCUT2D eigenvalue weighted by Gasteiger charge is -2.17. The molecule has 3 nitrogen and oxygen atoms in total. The van der Waals surface area contributed by atoms with E-state index in [2.05, 4.69) is 18.8 Å². The number of nitrogens with two attached hydrogens (primary N) is 1. The van der Waals surface area contributed by atoms with Crippen molar-refractivity contribution in [1.29, 1.82) is 0 Å². The highest BCUT2D eigenvalue weighted by molar-refractivity contribution is 5.35. The maximum Gasteiger partial charge on any atom is 0.218 e. The van der Waals surface area contributed by atoms with Crippen molar-refractivity contribution in [3.8, 4) is 5.88 Å². The predicted octanol–water partition coefficient (Wildman–Crippen LogP) is 2.72. The molecule has 0 aromatic carbocycles. The van der Waals surface area contributed by atoms with Gasteiger partial charge in [-0.15, -0.1) is 0 Å². The van der Waals surface area contributed by atoms with Crippen LogP contribution >= 0.6 is 0 Å². The van der Waals surface area contributed by atoms with Crippen LogP contribution in [0.2, 0.25) is 0 Å².